The van der Waals surface area contributed by atoms with Crippen LogP contribution < -0.4 is 10.0 Å². The van der Waals surface area contributed by atoms with Crippen molar-refractivity contribution in [3.05, 3.63) is 29.3 Å². The molecular formula is C18H23N3O5S. The van der Waals surface area contributed by atoms with E-state index in [2.05, 4.69) is 16.1 Å². The Kier molecular flexibility index (Phi) is 6.57. The van der Waals surface area contributed by atoms with Gasteiger partial charge >= 0.3 is 5.97 Å². The third kappa shape index (κ3) is 5.52. The van der Waals surface area contributed by atoms with Crippen molar-refractivity contribution >= 4 is 21.9 Å². The van der Waals surface area contributed by atoms with Crippen LogP contribution in [0.1, 0.15) is 36.8 Å². The molecule has 9 heteroatoms. The number of nitriles is 1. The summed E-state index contributed by atoms with van der Waals surface area (Å²) in [5.74, 6) is -1.46. The zero-order valence-electron chi connectivity index (χ0n) is 15.4. The van der Waals surface area contributed by atoms with Crippen LogP contribution in [0.25, 0.3) is 0 Å². The van der Waals surface area contributed by atoms with Gasteiger partial charge < -0.3 is 10.1 Å². The summed E-state index contributed by atoms with van der Waals surface area (Å²) < 4.78 is 31.4. The molecule has 1 aliphatic rings. The van der Waals surface area contributed by atoms with Crippen LogP contribution in [0.3, 0.4) is 0 Å². The highest BCUT2D eigenvalue weighted by Gasteiger charge is 2.35. The molecule has 27 heavy (non-hydrogen) atoms. The Morgan fingerprint density at radius 1 is 1.22 bits per heavy atom. The molecule has 0 spiro atoms. The van der Waals surface area contributed by atoms with Gasteiger partial charge in [-0.15, -0.1) is 0 Å². The summed E-state index contributed by atoms with van der Waals surface area (Å²) in [7, 11) is -3.86. The highest BCUT2D eigenvalue weighted by atomic mass is 32.2. The highest BCUT2D eigenvalue weighted by Crippen LogP contribution is 2.28. The van der Waals surface area contributed by atoms with Gasteiger partial charge in [-0.25, -0.2) is 8.42 Å². The Balaban J connectivity index is 1.82. The number of nitrogens with zero attached hydrogens (tertiary/aromatic N) is 1. The maximum absolute atomic E-state index is 12.2. The first-order valence-corrected chi connectivity index (χ1v) is 10.1. The molecule has 146 valence electrons. The Hall–Kier alpha value is -2.44. The van der Waals surface area contributed by atoms with Crippen molar-refractivity contribution in [1.29, 1.82) is 5.26 Å². The van der Waals surface area contributed by atoms with Crippen LogP contribution in [-0.4, -0.2) is 39.0 Å². The van der Waals surface area contributed by atoms with Crippen LogP contribution in [0, 0.1) is 25.2 Å². The maximum Gasteiger partial charge on any atom is 0.321 e. The molecule has 0 aliphatic heterocycles. The van der Waals surface area contributed by atoms with Gasteiger partial charge in [0.15, 0.2) is 6.61 Å². The number of rotatable bonds is 7. The quantitative estimate of drug-likeness (QED) is 0.668. The van der Waals surface area contributed by atoms with E-state index >= 15 is 0 Å². The van der Waals surface area contributed by atoms with Gasteiger partial charge in [-0.1, -0.05) is 6.07 Å². The molecule has 0 heterocycles. The van der Waals surface area contributed by atoms with Gasteiger partial charge in [0.1, 0.15) is 12.1 Å². The minimum atomic E-state index is -3.86. The number of benzene rings is 1. The zero-order valence-corrected chi connectivity index (χ0v) is 16.2. The Labute approximate surface area is 158 Å². The average molecular weight is 393 g/mol. The minimum absolute atomic E-state index is 0.0494. The van der Waals surface area contributed by atoms with E-state index in [0.29, 0.717) is 12.8 Å². The second kappa shape index (κ2) is 8.50. The molecule has 1 fully saturated rings. The number of aryl methyl sites for hydroxylation is 2. The fourth-order valence-corrected chi connectivity index (χ4v) is 3.92. The lowest BCUT2D eigenvalue weighted by Gasteiger charge is -2.21. The van der Waals surface area contributed by atoms with Crippen LogP contribution in [-0.2, 0) is 24.3 Å². The Morgan fingerprint density at radius 2 is 1.89 bits per heavy atom. The van der Waals surface area contributed by atoms with Crippen LogP contribution in [0.15, 0.2) is 23.1 Å². The van der Waals surface area contributed by atoms with Crippen LogP contribution in [0.5, 0.6) is 0 Å². The van der Waals surface area contributed by atoms with Gasteiger partial charge in [0.2, 0.25) is 10.0 Å². The van der Waals surface area contributed by atoms with E-state index in [9.17, 15) is 23.3 Å². The standard InChI is InChI=1S/C18H23N3O5S/c1-13-5-6-15(9-14(13)2)27(24,25)20-10-17(23)26-11-16(22)21-18(12-19)7-3-4-8-18/h5-6,9,20H,3-4,7-8,10-11H2,1-2H3,(H,21,22). The van der Waals surface area contributed by atoms with Gasteiger partial charge in [0, 0.05) is 0 Å². The van der Waals surface area contributed by atoms with Crippen molar-refractivity contribution in [1.82, 2.24) is 10.0 Å². The smallest absolute Gasteiger partial charge is 0.321 e. The molecule has 8 nitrogen and oxygen atoms in total. The number of amides is 1. The molecule has 0 aromatic heterocycles. The monoisotopic (exact) mass is 393 g/mol. The van der Waals surface area contributed by atoms with Crippen molar-refractivity contribution in [3.63, 3.8) is 0 Å². The molecule has 1 aliphatic carbocycles. The molecule has 1 saturated carbocycles. The summed E-state index contributed by atoms with van der Waals surface area (Å²) in [6, 6.07) is 6.75. The molecule has 0 atom stereocenters. The van der Waals surface area contributed by atoms with Crippen molar-refractivity contribution in [2.24, 2.45) is 0 Å². The van der Waals surface area contributed by atoms with Crippen LogP contribution >= 0.6 is 0 Å². The van der Waals surface area contributed by atoms with Gasteiger partial charge in [-0.05, 0) is 62.8 Å². The second-order valence-electron chi connectivity index (χ2n) is 6.68. The number of sulfonamides is 1. The molecule has 0 bridgehead atoms. The molecule has 0 radical (unpaired) electrons. The molecular weight excluding hydrogens is 370 g/mol. The lowest BCUT2D eigenvalue weighted by Crippen LogP contribution is -2.47. The predicted octanol–water partition coefficient (Wildman–Crippen LogP) is 1.08. The van der Waals surface area contributed by atoms with E-state index in [1.165, 1.54) is 12.1 Å². The molecule has 2 rings (SSSR count). The van der Waals surface area contributed by atoms with Crippen molar-refractivity contribution in [2.45, 2.75) is 50.0 Å². The third-order valence-electron chi connectivity index (χ3n) is 4.61. The second-order valence-corrected chi connectivity index (χ2v) is 8.45. The number of hydrogen-bond acceptors (Lipinski definition) is 6. The fraction of sp³-hybridized carbons (Fsp3) is 0.500. The van der Waals surface area contributed by atoms with E-state index in [4.69, 9.17) is 4.74 Å². The summed E-state index contributed by atoms with van der Waals surface area (Å²) in [5, 5.41) is 11.8. The van der Waals surface area contributed by atoms with E-state index in [1.807, 2.05) is 6.92 Å². The summed E-state index contributed by atoms with van der Waals surface area (Å²) in [6.45, 7) is 2.50. The fourth-order valence-electron chi connectivity index (χ4n) is 2.86. The number of carbonyl (C=O) groups is 2. The lowest BCUT2D eigenvalue weighted by molar-refractivity contribution is -0.147. The molecule has 0 unspecified atom stereocenters. The molecule has 1 aromatic rings. The number of esters is 1. The third-order valence-corrected chi connectivity index (χ3v) is 6.01. The zero-order chi connectivity index (χ0) is 20.1. The molecule has 0 saturated heterocycles. The average Bonchev–Trinajstić information content (AvgIpc) is 3.09. The SMILES string of the molecule is Cc1ccc(S(=O)(=O)NCC(=O)OCC(=O)NC2(C#N)CCCC2)cc1C. The van der Waals surface area contributed by atoms with E-state index < -0.39 is 40.6 Å². The van der Waals surface area contributed by atoms with Crippen molar-refractivity contribution in [3.8, 4) is 6.07 Å². The van der Waals surface area contributed by atoms with Crippen LogP contribution in [0.4, 0.5) is 0 Å². The molecule has 2 N–H and O–H groups in total. The number of nitrogens with one attached hydrogen (secondary N) is 2. The summed E-state index contributed by atoms with van der Waals surface area (Å²) in [4.78, 5) is 23.7. The Bertz CT molecular complexity index is 867. The molecule has 1 aromatic carbocycles. The number of hydrogen-bond donors (Lipinski definition) is 2. The summed E-state index contributed by atoms with van der Waals surface area (Å²) in [5.41, 5.74) is 0.876. The predicted molar refractivity (Wildman–Crippen MR) is 97.0 cm³/mol. The van der Waals surface area contributed by atoms with Gasteiger partial charge in [0.05, 0.1) is 11.0 Å². The minimum Gasteiger partial charge on any atom is -0.455 e. The van der Waals surface area contributed by atoms with E-state index in [-0.39, 0.29) is 4.90 Å². The lowest BCUT2D eigenvalue weighted by atomic mass is 10.00. The van der Waals surface area contributed by atoms with Crippen molar-refractivity contribution in [2.75, 3.05) is 13.2 Å². The Morgan fingerprint density at radius 3 is 2.48 bits per heavy atom. The largest absolute Gasteiger partial charge is 0.455 e. The van der Waals surface area contributed by atoms with Gasteiger partial charge in [0.25, 0.3) is 5.91 Å². The first-order chi connectivity index (χ1) is 12.7. The molecule has 1 amide bonds. The first-order valence-electron chi connectivity index (χ1n) is 8.62. The first kappa shape index (κ1) is 20.9. The number of carbonyl (C=O) groups excluding carboxylic acids is 2. The summed E-state index contributed by atoms with van der Waals surface area (Å²) in [6.07, 6.45) is 2.85. The van der Waals surface area contributed by atoms with Gasteiger partial charge in [-0.3, -0.25) is 9.59 Å². The topological polar surface area (TPSA) is 125 Å². The number of ether oxygens (including phenoxy) is 1. The maximum atomic E-state index is 12.2. The normalized spacial score (nSPS) is 15.7. The van der Waals surface area contributed by atoms with E-state index in [0.717, 1.165) is 24.0 Å². The highest BCUT2D eigenvalue weighted by molar-refractivity contribution is 7.89. The van der Waals surface area contributed by atoms with Gasteiger partial charge in [-0.2, -0.15) is 9.98 Å². The van der Waals surface area contributed by atoms with Crippen LogP contribution in [0.2, 0.25) is 0 Å². The summed E-state index contributed by atoms with van der Waals surface area (Å²) >= 11 is 0. The van der Waals surface area contributed by atoms with E-state index in [1.54, 1.807) is 13.0 Å². The van der Waals surface area contributed by atoms with Crippen molar-refractivity contribution < 1.29 is 22.7 Å².